The fourth-order valence-corrected chi connectivity index (χ4v) is 4.78. The Labute approximate surface area is 178 Å². The van der Waals surface area contributed by atoms with Gasteiger partial charge in [-0.1, -0.05) is 56.4 Å². The van der Waals surface area contributed by atoms with Gasteiger partial charge < -0.3 is 10.2 Å². The molecule has 0 radical (unpaired) electrons. The van der Waals surface area contributed by atoms with Crippen molar-refractivity contribution < 1.29 is 9.59 Å². The molecule has 1 atom stereocenters. The number of hydrogen-bond donors (Lipinski definition) is 1. The van der Waals surface area contributed by atoms with Gasteiger partial charge in [-0.25, -0.2) is 0 Å². The molecule has 1 N–H and O–H groups in total. The van der Waals surface area contributed by atoms with E-state index in [9.17, 15) is 9.59 Å². The number of hydrogen-bond acceptors (Lipinski definition) is 3. The van der Waals surface area contributed by atoms with Crippen LogP contribution in [0.25, 0.3) is 0 Å². The minimum atomic E-state index is -0.927. The maximum absolute atomic E-state index is 13.6. The largest absolute Gasteiger partial charge is 0.351 e. The van der Waals surface area contributed by atoms with Crippen LogP contribution >= 0.6 is 0 Å². The van der Waals surface area contributed by atoms with Crippen molar-refractivity contribution in [2.75, 3.05) is 0 Å². The number of nitrogens with one attached hydrogen (secondary N) is 1. The second-order valence-electron chi connectivity index (χ2n) is 8.88. The molecule has 0 saturated heterocycles. The third-order valence-electron chi connectivity index (χ3n) is 6.62. The Morgan fingerprint density at radius 2 is 1.83 bits per heavy atom. The van der Waals surface area contributed by atoms with Gasteiger partial charge in [0, 0.05) is 37.0 Å². The summed E-state index contributed by atoms with van der Waals surface area (Å²) in [5.74, 6) is -0.129. The van der Waals surface area contributed by atoms with Gasteiger partial charge in [0.25, 0.3) is 5.91 Å². The van der Waals surface area contributed by atoms with Crippen LogP contribution in [0.2, 0.25) is 0 Å². The molecule has 2 aromatic rings. The van der Waals surface area contributed by atoms with Crippen molar-refractivity contribution in [3.05, 3.63) is 65.5 Å². The normalized spacial score (nSPS) is 22.7. The van der Waals surface area contributed by atoms with Crippen LogP contribution in [-0.4, -0.2) is 33.3 Å². The highest BCUT2D eigenvalue weighted by atomic mass is 16.2. The maximum Gasteiger partial charge on any atom is 0.255 e. The molecule has 2 heterocycles. The van der Waals surface area contributed by atoms with Crippen LogP contribution in [0.1, 0.15) is 73.4 Å². The number of pyridine rings is 1. The second kappa shape index (κ2) is 8.99. The van der Waals surface area contributed by atoms with E-state index in [1.54, 1.807) is 17.3 Å². The molecule has 5 heteroatoms. The van der Waals surface area contributed by atoms with Crippen molar-refractivity contribution >= 4 is 11.8 Å². The first-order valence-electron chi connectivity index (χ1n) is 11.2. The van der Waals surface area contributed by atoms with Crippen molar-refractivity contribution in [3.63, 3.8) is 0 Å². The van der Waals surface area contributed by atoms with E-state index in [-0.39, 0.29) is 17.9 Å². The van der Waals surface area contributed by atoms with Crippen molar-refractivity contribution in [2.24, 2.45) is 0 Å². The Bertz CT molecular complexity index is 890. The molecule has 2 amide bonds. The molecule has 158 valence electrons. The van der Waals surface area contributed by atoms with Gasteiger partial charge in [0.2, 0.25) is 5.91 Å². The second-order valence-corrected chi connectivity index (χ2v) is 8.88. The molecule has 2 aliphatic rings. The molecule has 0 spiro atoms. The molecule has 1 aromatic heterocycles. The van der Waals surface area contributed by atoms with E-state index in [1.807, 2.05) is 43.3 Å². The van der Waals surface area contributed by atoms with Crippen LogP contribution in [-0.2, 0) is 17.8 Å². The summed E-state index contributed by atoms with van der Waals surface area (Å²) in [7, 11) is 0. The first-order valence-corrected chi connectivity index (χ1v) is 11.2. The van der Waals surface area contributed by atoms with Crippen LogP contribution in [0, 0.1) is 0 Å². The number of rotatable bonds is 4. The minimum absolute atomic E-state index is 0.0418. The number of fused-ring (bicyclic) bond motifs is 1. The van der Waals surface area contributed by atoms with E-state index in [4.69, 9.17) is 0 Å². The number of amides is 2. The zero-order valence-electron chi connectivity index (χ0n) is 17.8. The zero-order valence-corrected chi connectivity index (χ0v) is 17.8. The summed E-state index contributed by atoms with van der Waals surface area (Å²) in [6.45, 7) is 2.28. The topological polar surface area (TPSA) is 62.3 Å². The van der Waals surface area contributed by atoms with Crippen LogP contribution < -0.4 is 5.32 Å². The number of nitrogens with zero attached hydrogens (tertiary/aromatic N) is 2. The number of carbonyl (C=O) groups is 2. The lowest BCUT2D eigenvalue weighted by Crippen LogP contribution is -2.63. The zero-order chi connectivity index (χ0) is 21.0. The summed E-state index contributed by atoms with van der Waals surface area (Å²) < 4.78 is 0. The maximum atomic E-state index is 13.6. The SMILES string of the molecule is C[C@]1(C(=O)NC2CCCCCCC2)Cc2ccccc2C(=O)N1Cc1cccnc1. The minimum Gasteiger partial charge on any atom is -0.351 e. The molecule has 30 heavy (non-hydrogen) atoms. The Balaban J connectivity index is 1.62. The highest BCUT2D eigenvalue weighted by molar-refractivity contribution is 6.02. The summed E-state index contributed by atoms with van der Waals surface area (Å²) >= 11 is 0. The van der Waals surface area contributed by atoms with E-state index in [1.165, 1.54) is 19.3 Å². The van der Waals surface area contributed by atoms with E-state index < -0.39 is 5.54 Å². The van der Waals surface area contributed by atoms with E-state index >= 15 is 0 Å². The molecule has 0 bridgehead atoms. The number of carbonyl (C=O) groups excluding carboxylic acids is 2. The predicted octanol–water partition coefficient (Wildman–Crippen LogP) is 4.27. The lowest BCUT2D eigenvalue weighted by molar-refractivity contribution is -0.132. The summed E-state index contributed by atoms with van der Waals surface area (Å²) in [6.07, 6.45) is 12.1. The third-order valence-corrected chi connectivity index (χ3v) is 6.62. The molecule has 1 aliphatic carbocycles. The van der Waals surface area contributed by atoms with Gasteiger partial charge in [-0.3, -0.25) is 14.6 Å². The first-order chi connectivity index (χ1) is 14.6. The summed E-state index contributed by atoms with van der Waals surface area (Å²) in [5, 5.41) is 3.32. The fourth-order valence-electron chi connectivity index (χ4n) is 4.78. The van der Waals surface area contributed by atoms with Crippen molar-refractivity contribution in [3.8, 4) is 0 Å². The molecular weight excluding hydrogens is 374 g/mol. The first kappa shape index (κ1) is 20.6. The molecule has 1 aliphatic heterocycles. The third kappa shape index (κ3) is 4.25. The molecule has 4 rings (SSSR count). The summed E-state index contributed by atoms with van der Waals surface area (Å²) in [4.78, 5) is 33.0. The Hall–Kier alpha value is -2.69. The molecular formula is C25H31N3O2. The molecule has 1 aromatic carbocycles. The Kier molecular flexibility index (Phi) is 6.16. The standard InChI is InChI=1S/C25H31N3O2/c1-25(24(30)27-21-12-5-3-2-4-6-13-21)16-20-11-7-8-14-22(20)23(29)28(25)18-19-10-9-15-26-17-19/h7-11,14-15,17,21H,2-6,12-13,16,18H2,1H3,(H,27,30)/t25-/m1/s1. The van der Waals surface area contributed by atoms with Crippen LogP contribution in [0.15, 0.2) is 48.8 Å². The lowest BCUT2D eigenvalue weighted by atomic mass is 9.82. The van der Waals surface area contributed by atoms with Crippen LogP contribution in [0.4, 0.5) is 0 Å². The van der Waals surface area contributed by atoms with Crippen LogP contribution in [0.5, 0.6) is 0 Å². The van der Waals surface area contributed by atoms with Gasteiger partial charge in [0.15, 0.2) is 0 Å². The lowest BCUT2D eigenvalue weighted by Gasteiger charge is -2.44. The highest BCUT2D eigenvalue weighted by Crippen LogP contribution is 2.33. The van der Waals surface area contributed by atoms with E-state index in [0.29, 0.717) is 18.5 Å². The Morgan fingerprint density at radius 3 is 2.57 bits per heavy atom. The van der Waals surface area contributed by atoms with E-state index in [0.717, 1.165) is 36.8 Å². The van der Waals surface area contributed by atoms with E-state index in [2.05, 4.69) is 10.3 Å². The number of aromatic nitrogens is 1. The number of benzene rings is 1. The highest BCUT2D eigenvalue weighted by Gasteiger charge is 2.47. The Morgan fingerprint density at radius 1 is 1.10 bits per heavy atom. The van der Waals surface area contributed by atoms with Gasteiger partial charge >= 0.3 is 0 Å². The van der Waals surface area contributed by atoms with Gasteiger partial charge in [-0.15, -0.1) is 0 Å². The van der Waals surface area contributed by atoms with Gasteiger partial charge in [-0.2, -0.15) is 0 Å². The van der Waals surface area contributed by atoms with Crippen molar-refractivity contribution in [1.82, 2.24) is 15.2 Å². The smallest absolute Gasteiger partial charge is 0.255 e. The molecule has 0 unspecified atom stereocenters. The van der Waals surface area contributed by atoms with Gasteiger partial charge in [0.05, 0.1) is 0 Å². The summed E-state index contributed by atoms with van der Waals surface area (Å²) in [5.41, 5.74) is 1.64. The quantitative estimate of drug-likeness (QED) is 0.826. The van der Waals surface area contributed by atoms with Crippen molar-refractivity contribution in [1.29, 1.82) is 0 Å². The average molecular weight is 406 g/mol. The van der Waals surface area contributed by atoms with Gasteiger partial charge in [0.1, 0.15) is 5.54 Å². The molecule has 5 nitrogen and oxygen atoms in total. The average Bonchev–Trinajstić information content (AvgIpc) is 2.73. The molecule has 1 saturated carbocycles. The monoisotopic (exact) mass is 405 g/mol. The summed E-state index contributed by atoms with van der Waals surface area (Å²) in [6, 6.07) is 11.7. The fraction of sp³-hybridized carbons (Fsp3) is 0.480. The molecule has 1 fully saturated rings. The van der Waals surface area contributed by atoms with Gasteiger partial charge in [-0.05, 0) is 43.0 Å². The predicted molar refractivity (Wildman–Crippen MR) is 117 cm³/mol. The van der Waals surface area contributed by atoms with Crippen LogP contribution in [0.3, 0.4) is 0 Å². The van der Waals surface area contributed by atoms with Crippen molar-refractivity contribution in [2.45, 2.75) is 76.4 Å².